The molecule has 1 aromatic rings. The van der Waals surface area contributed by atoms with Crippen LogP contribution < -0.4 is 10.6 Å². The van der Waals surface area contributed by atoms with Crippen LogP contribution in [0.1, 0.15) is 32.8 Å². The number of aryl methyl sites for hydroxylation is 1. The van der Waals surface area contributed by atoms with Gasteiger partial charge in [0.15, 0.2) is 0 Å². The lowest BCUT2D eigenvalue weighted by molar-refractivity contribution is -0.384. The van der Waals surface area contributed by atoms with E-state index in [2.05, 4.69) is 10.6 Å². The number of amides is 1. The maximum Gasteiger partial charge on any atom is 0.295 e. The summed E-state index contributed by atoms with van der Waals surface area (Å²) in [6.45, 7) is 7.76. The zero-order chi connectivity index (χ0) is 15.3. The van der Waals surface area contributed by atoms with Crippen molar-refractivity contribution >= 4 is 17.3 Å². The fraction of sp³-hybridized carbons (Fsp3) is 0.500. The number of carbonyl (C=O) groups is 1. The van der Waals surface area contributed by atoms with Crippen molar-refractivity contribution in [1.82, 2.24) is 5.32 Å². The first kappa shape index (κ1) is 15.9. The van der Waals surface area contributed by atoms with Crippen LogP contribution in [0.3, 0.4) is 0 Å². The van der Waals surface area contributed by atoms with E-state index in [1.807, 2.05) is 20.8 Å². The number of para-hydroxylation sites is 1. The molecule has 0 bridgehead atoms. The van der Waals surface area contributed by atoms with Gasteiger partial charge in [-0.05, 0) is 33.8 Å². The highest BCUT2D eigenvalue weighted by Gasteiger charge is 2.17. The third-order valence-corrected chi connectivity index (χ3v) is 2.60. The van der Waals surface area contributed by atoms with Gasteiger partial charge in [0.1, 0.15) is 5.69 Å². The summed E-state index contributed by atoms with van der Waals surface area (Å²) >= 11 is 0. The predicted octanol–water partition coefficient (Wildman–Crippen LogP) is 2.62. The van der Waals surface area contributed by atoms with Gasteiger partial charge in [-0.15, -0.1) is 0 Å². The van der Waals surface area contributed by atoms with E-state index >= 15 is 0 Å². The van der Waals surface area contributed by atoms with E-state index in [9.17, 15) is 14.9 Å². The van der Waals surface area contributed by atoms with Gasteiger partial charge < -0.3 is 10.6 Å². The second-order valence-electron chi connectivity index (χ2n) is 5.70. The third kappa shape index (κ3) is 4.87. The number of hydrogen-bond donors (Lipinski definition) is 2. The summed E-state index contributed by atoms with van der Waals surface area (Å²) in [7, 11) is 0. The van der Waals surface area contributed by atoms with E-state index in [0.717, 1.165) is 0 Å². The number of carbonyl (C=O) groups excluding carboxylic acids is 1. The Kier molecular flexibility index (Phi) is 5.07. The van der Waals surface area contributed by atoms with Crippen LogP contribution in [-0.2, 0) is 4.79 Å². The molecule has 6 nitrogen and oxygen atoms in total. The number of nitro groups is 1. The lowest BCUT2D eigenvalue weighted by Crippen LogP contribution is -2.41. The highest BCUT2D eigenvalue weighted by Crippen LogP contribution is 2.27. The molecule has 0 saturated carbocycles. The average Bonchev–Trinajstić information content (AvgIpc) is 2.25. The maximum absolute atomic E-state index is 11.6. The number of rotatable bonds is 5. The number of anilines is 1. The molecule has 0 fully saturated rings. The number of benzene rings is 1. The standard InChI is InChI=1S/C14H21N3O3/c1-10-6-5-7-11(13(10)17(19)20)15-9-8-12(18)16-14(2,3)4/h5-7,15H,8-9H2,1-4H3,(H,16,18). The minimum atomic E-state index is -0.410. The zero-order valence-corrected chi connectivity index (χ0v) is 12.3. The minimum absolute atomic E-state index is 0.0590. The molecule has 6 heteroatoms. The van der Waals surface area contributed by atoms with Gasteiger partial charge in [-0.3, -0.25) is 14.9 Å². The summed E-state index contributed by atoms with van der Waals surface area (Å²) < 4.78 is 0. The quantitative estimate of drug-likeness (QED) is 0.641. The average molecular weight is 279 g/mol. The van der Waals surface area contributed by atoms with Crippen molar-refractivity contribution in [3.05, 3.63) is 33.9 Å². The summed E-state index contributed by atoms with van der Waals surface area (Å²) in [4.78, 5) is 22.3. The van der Waals surface area contributed by atoms with E-state index in [1.54, 1.807) is 25.1 Å². The molecule has 0 heterocycles. The predicted molar refractivity (Wildman–Crippen MR) is 78.8 cm³/mol. The summed E-state index contributed by atoms with van der Waals surface area (Å²) in [6.07, 6.45) is 0.266. The van der Waals surface area contributed by atoms with Crippen LogP contribution in [0, 0.1) is 17.0 Å². The van der Waals surface area contributed by atoms with Crippen molar-refractivity contribution in [1.29, 1.82) is 0 Å². The first-order valence-corrected chi connectivity index (χ1v) is 6.49. The first-order chi connectivity index (χ1) is 9.20. The van der Waals surface area contributed by atoms with Crippen LogP contribution in [0.15, 0.2) is 18.2 Å². The molecule has 1 amide bonds. The van der Waals surface area contributed by atoms with Gasteiger partial charge in [0.2, 0.25) is 5.91 Å². The first-order valence-electron chi connectivity index (χ1n) is 6.49. The topological polar surface area (TPSA) is 84.3 Å². The van der Waals surface area contributed by atoms with Crippen molar-refractivity contribution < 1.29 is 9.72 Å². The molecule has 0 aromatic heterocycles. The number of hydrogen-bond acceptors (Lipinski definition) is 4. The van der Waals surface area contributed by atoms with Gasteiger partial charge in [0, 0.05) is 24.1 Å². The molecule has 20 heavy (non-hydrogen) atoms. The van der Waals surface area contributed by atoms with Gasteiger partial charge >= 0.3 is 0 Å². The Balaban J connectivity index is 2.61. The number of nitro benzene ring substituents is 1. The highest BCUT2D eigenvalue weighted by molar-refractivity contribution is 5.77. The van der Waals surface area contributed by atoms with Crippen molar-refractivity contribution in [3.8, 4) is 0 Å². The normalized spacial score (nSPS) is 11.0. The molecule has 0 unspecified atom stereocenters. The summed E-state index contributed by atoms with van der Waals surface area (Å²) in [6, 6.07) is 5.09. The van der Waals surface area contributed by atoms with E-state index in [1.165, 1.54) is 0 Å². The van der Waals surface area contributed by atoms with Gasteiger partial charge in [-0.2, -0.15) is 0 Å². The second kappa shape index (κ2) is 6.36. The Morgan fingerprint density at radius 1 is 1.35 bits per heavy atom. The van der Waals surface area contributed by atoms with E-state index < -0.39 is 4.92 Å². The molecule has 110 valence electrons. The molecule has 2 N–H and O–H groups in total. The minimum Gasteiger partial charge on any atom is -0.379 e. The number of nitrogens with one attached hydrogen (secondary N) is 2. The molecular formula is C14H21N3O3. The molecule has 0 aliphatic carbocycles. The van der Waals surface area contributed by atoms with Crippen molar-refractivity contribution in [2.45, 2.75) is 39.7 Å². The maximum atomic E-state index is 11.6. The molecule has 0 spiro atoms. The van der Waals surface area contributed by atoms with Crippen molar-refractivity contribution in [2.75, 3.05) is 11.9 Å². The molecular weight excluding hydrogens is 258 g/mol. The fourth-order valence-electron chi connectivity index (χ4n) is 1.84. The van der Waals surface area contributed by atoms with Gasteiger partial charge in [-0.25, -0.2) is 0 Å². The van der Waals surface area contributed by atoms with Gasteiger partial charge in [-0.1, -0.05) is 12.1 Å². The molecule has 0 radical (unpaired) electrons. The van der Waals surface area contributed by atoms with Crippen LogP contribution in [-0.4, -0.2) is 22.9 Å². The Morgan fingerprint density at radius 3 is 2.55 bits per heavy atom. The van der Waals surface area contributed by atoms with Gasteiger partial charge in [0.25, 0.3) is 5.69 Å². The summed E-state index contributed by atoms with van der Waals surface area (Å²) in [5.74, 6) is -0.0830. The lowest BCUT2D eigenvalue weighted by Gasteiger charge is -2.20. The Labute approximate surface area is 118 Å². The lowest BCUT2D eigenvalue weighted by atomic mass is 10.1. The molecule has 0 atom stereocenters. The van der Waals surface area contributed by atoms with E-state index in [0.29, 0.717) is 17.8 Å². The SMILES string of the molecule is Cc1cccc(NCCC(=O)NC(C)(C)C)c1[N+](=O)[O-]. The van der Waals surface area contributed by atoms with Crippen LogP contribution >= 0.6 is 0 Å². The second-order valence-corrected chi connectivity index (χ2v) is 5.70. The molecule has 0 aliphatic rings. The van der Waals surface area contributed by atoms with Gasteiger partial charge in [0.05, 0.1) is 4.92 Å². The monoisotopic (exact) mass is 279 g/mol. The van der Waals surface area contributed by atoms with Crippen molar-refractivity contribution in [3.63, 3.8) is 0 Å². The molecule has 0 aliphatic heterocycles. The zero-order valence-electron chi connectivity index (χ0n) is 12.3. The Bertz CT molecular complexity index is 507. The fourth-order valence-corrected chi connectivity index (χ4v) is 1.84. The smallest absolute Gasteiger partial charge is 0.295 e. The van der Waals surface area contributed by atoms with E-state index in [-0.39, 0.29) is 23.6 Å². The van der Waals surface area contributed by atoms with Crippen molar-refractivity contribution in [2.24, 2.45) is 0 Å². The van der Waals surface area contributed by atoms with Crippen LogP contribution in [0.2, 0.25) is 0 Å². The Hall–Kier alpha value is -2.11. The molecule has 1 rings (SSSR count). The molecule has 1 aromatic carbocycles. The summed E-state index contributed by atoms with van der Waals surface area (Å²) in [5.41, 5.74) is 0.827. The van der Waals surface area contributed by atoms with Crippen LogP contribution in [0.5, 0.6) is 0 Å². The van der Waals surface area contributed by atoms with Crippen LogP contribution in [0.25, 0.3) is 0 Å². The third-order valence-electron chi connectivity index (χ3n) is 2.60. The largest absolute Gasteiger partial charge is 0.379 e. The van der Waals surface area contributed by atoms with E-state index in [4.69, 9.17) is 0 Å². The Morgan fingerprint density at radius 2 is 2.00 bits per heavy atom. The number of nitrogens with zero attached hydrogens (tertiary/aromatic N) is 1. The molecule has 0 saturated heterocycles. The highest BCUT2D eigenvalue weighted by atomic mass is 16.6. The summed E-state index contributed by atoms with van der Waals surface area (Å²) in [5, 5.41) is 16.8. The van der Waals surface area contributed by atoms with Crippen LogP contribution in [0.4, 0.5) is 11.4 Å².